The fraction of sp³-hybridized carbons (Fsp3) is 0.211. The van der Waals surface area contributed by atoms with Crippen LogP contribution in [0, 0.1) is 17.0 Å². The molecule has 0 aliphatic rings. The van der Waals surface area contributed by atoms with Gasteiger partial charge in [0.05, 0.1) is 4.92 Å². The van der Waals surface area contributed by atoms with Gasteiger partial charge in [0.2, 0.25) is 17.6 Å². The highest BCUT2D eigenvalue weighted by Gasteiger charge is 2.13. The summed E-state index contributed by atoms with van der Waals surface area (Å²) in [5.74, 6) is 0.755. The quantitative estimate of drug-likeness (QED) is 0.501. The largest absolute Gasteiger partial charge is 0.339 e. The van der Waals surface area contributed by atoms with Crippen LogP contribution in [-0.2, 0) is 11.2 Å². The zero-order valence-electron chi connectivity index (χ0n) is 14.7. The first-order valence-electron chi connectivity index (χ1n) is 8.46. The van der Waals surface area contributed by atoms with Crippen molar-refractivity contribution in [3.63, 3.8) is 0 Å². The molecule has 0 spiro atoms. The molecule has 1 amide bonds. The zero-order chi connectivity index (χ0) is 19.2. The molecule has 138 valence electrons. The molecule has 3 aromatic rings. The Morgan fingerprint density at radius 2 is 2.00 bits per heavy atom. The summed E-state index contributed by atoms with van der Waals surface area (Å²) in [5, 5.41) is 17.6. The maximum absolute atomic E-state index is 12.0. The standard InChI is InChI=1S/C19H18N4O4/c1-13-10-11-15(12-16(13)23(25)26)20-17(24)8-5-9-18-21-19(22-27-18)14-6-3-2-4-7-14/h2-4,6-7,10-12H,5,8-9H2,1H3,(H,20,24). The molecule has 0 fully saturated rings. The third kappa shape index (κ3) is 4.75. The molecule has 0 aliphatic heterocycles. The summed E-state index contributed by atoms with van der Waals surface area (Å²) in [6.45, 7) is 1.65. The summed E-state index contributed by atoms with van der Waals surface area (Å²) in [5.41, 5.74) is 1.79. The minimum Gasteiger partial charge on any atom is -0.339 e. The number of anilines is 1. The maximum Gasteiger partial charge on any atom is 0.274 e. The Morgan fingerprint density at radius 1 is 1.22 bits per heavy atom. The van der Waals surface area contributed by atoms with E-state index >= 15 is 0 Å². The number of nitro groups is 1. The van der Waals surface area contributed by atoms with E-state index in [9.17, 15) is 14.9 Å². The monoisotopic (exact) mass is 366 g/mol. The van der Waals surface area contributed by atoms with E-state index in [-0.39, 0.29) is 18.0 Å². The van der Waals surface area contributed by atoms with Gasteiger partial charge in [0.1, 0.15) is 0 Å². The van der Waals surface area contributed by atoms with Crippen LogP contribution in [0.25, 0.3) is 11.4 Å². The number of aromatic nitrogens is 2. The molecule has 0 aliphatic carbocycles. The summed E-state index contributed by atoms with van der Waals surface area (Å²) in [4.78, 5) is 26.9. The van der Waals surface area contributed by atoms with Crippen LogP contribution < -0.4 is 5.32 Å². The number of carbonyl (C=O) groups is 1. The van der Waals surface area contributed by atoms with Gasteiger partial charge in [0.25, 0.3) is 5.69 Å². The molecule has 0 saturated carbocycles. The van der Waals surface area contributed by atoms with Gasteiger partial charge in [-0.05, 0) is 19.4 Å². The van der Waals surface area contributed by atoms with Crippen LogP contribution in [0.1, 0.15) is 24.3 Å². The van der Waals surface area contributed by atoms with E-state index in [2.05, 4.69) is 15.5 Å². The summed E-state index contributed by atoms with van der Waals surface area (Å²) in [6.07, 6.45) is 1.24. The highest BCUT2D eigenvalue weighted by Crippen LogP contribution is 2.22. The Morgan fingerprint density at radius 3 is 2.74 bits per heavy atom. The van der Waals surface area contributed by atoms with Crippen LogP contribution in [0.15, 0.2) is 53.1 Å². The van der Waals surface area contributed by atoms with Gasteiger partial charge in [-0.1, -0.05) is 41.6 Å². The normalized spacial score (nSPS) is 10.6. The first kappa shape index (κ1) is 18.2. The van der Waals surface area contributed by atoms with Gasteiger partial charge in [-0.3, -0.25) is 14.9 Å². The van der Waals surface area contributed by atoms with Crippen molar-refractivity contribution in [2.45, 2.75) is 26.2 Å². The van der Waals surface area contributed by atoms with E-state index in [1.807, 2.05) is 30.3 Å². The van der Waals surface area contributed by atoms with Gasteiger partial charge in [0, 0.05) is 35.7 Å². The van der Waals surface area contributed by atoms with Crippen LogP contribution in [-0.4, -0.2) is 21.0 Å². The van der Waals surface area contributed by atoms with Crippen molar-refractivity contribution in [2.24, 2.45) is 0 Å². The average Bonchev–Trinajstić information content (AvgIpc) is 3.13. The van der Waals surface area contributed by atoms with E-state index < -0.39 is 4.92 Å². The van der Waals surface area contributed by atoms with Crippen LogP contribution in [0.5, 0.6) is 0 Å². The molecule has 0 unspecified atom stereocenters. The smallest absolute Gasteiger partial charge is 0.274 e. The molecule has 0 atom stereocenters. The minimum absolute atomic E-state index is 0.0212. The molecule has 8 heteroatoms. The van der Waals surface area contributed by atoms with Crippen molar-refractivity contribution in [3.8, 4) is 11.4 Å². The Bertz CT molecular complexity index is 953. The van der Waals surface area contributed by atoms with E-state index in [0.717, 1.165) is 5.56 Å². The number of rotatable bonds is 7. The summed E-state index contributed by atoms with van der Waals surface area (Å²) >= 11 is 0. The molecule has 3 rings (SSSR count). The number of nitro benzene ring substituents is 1. The lowest BCUT2D eigenvalue weighted by Gasteiger charge is -2.05. The van der Waals surface area contributed by atoms with E-state index in [4.69, 9.17) is 4.52 Å². The van der Waals surface area contributed by atoms with E-state index in [1.54, 1.807) is 19.1 Å². The van der Waals surface area contributed by atoms with Crippen molar-refractivity contribution in [1.82, 2.24) is 10.1 Å². The molecule has 27 heavy (non-hydrogen) atoms. The second-order valence-electron chi connectivity index (χ2n) is 6.04. The highest BCUT2D eigenvalue weighted by molar-refractivity contribution is 5.91. The highest BCUT2D eigenvalue weighted by atomic mass is 16.6. The number of amides is 1. The zero-order valence-corrected chi connectivity index (χ0v) is 14.7. The fourth-order valence-electron chi connectivity index (χ4n) is 2.57. The van der Waals surface area contributed by atoms with Gasteiger partial charge < -0.3 is 9.84 Å². The maximum atomic E-state index is 12.0. The third-order valence-electron chi connectivity index (χ3n) is 3.98. The number of carbonyl (C=O) groups excluding carboxylic acids is 1. The number of nitrogens with zero attached hydrogens (tertiary/aromatic N) is 3. The topological polar surface area (TPSA) is 111 Å². The predicted octanol–water partition coefficient (Wildman–Crippen LogP) is 3.91. The number of benzene rings is 2. The summed E-state index contributed by atoms with van der Waals surface area (Å²) < 4.78 is 5.21. The van der Waals surface area contributed by atoms with E-state index in [0.29, 0.717) is 35.8 Å². The van der Waals surface area contributed by atoms with E-state index in [1.165, 1.54) is 6.07 Å². The lowest BCUT2D eigenvalue weighted by atomic mass is 10.1. The van der Waals surface area contributed by atoms with Crippen molar-refractivity contribution < 1.29 is 14.2 Å². The van der Waals surface area contributed by atoms with Gasteiger partial charge in [0.15, 0.2) is 0 Å². The molecular weight excluding hydrogens is 348 g/mol. The number of hydrogen-bond donors (Lipinski definition) is 1. The van der Waals surface area contributed by atoms with Gasteiger partial charge in [-0.15, -0.1) is 0 Å². The summed E-state index contributed by atoms with van der Waals surface area (Å²) in [7, 11) is 0. The van der Waals surface area contributed by atoms with Crippen molar-refractivity contribution >= 4 is 17.3 Å². The van der Waals surface area contributed by atoms with Crippen molar-refractivity contribution in [3.05, 3.63) is 70.1 Å². The second kappa shape index (κ2) is 8.22. The Kier molecular flexibility index (Phi) is 5.55. The van der Waals surface area contributed by atoms with Gasteiger partial charge >= 0.3 is 0 Å². The Balaban J connectivity index is 1.51. The molecule has 0 saturated heterocycles. The minimum atomic E-state index is -0.467. The number of hydrogen-bond acceptors (Lipinski definition) is 6. The van der Waals surface area contributed by atoms with Gasteiger partial charge in [-0.2, -0.15) is 4.98 Å². The first-order chi connectivity index (χ1) is 13.0. The van der Waals surface area contributed by atoms with Crippen molar-refractivity contribution in [2.75, 3.05) is 5.32 Å². The average molecular weight is 366 g/mol. The number of nitrogens with one attached hydrogen (secondary N) is 1. The number of aryl methyl sites for hydroxylation is 2. The molecule has 1 aromatic heterocycles. The fourth-order valence-corrected chi connectivity index (χ4v) is 2.57. The molecule has 1 N–H and O–H groups in total. The van der Waals surface area contributed by atoms with Crippen LogP contribution in [0.2, 0.25) is 0 Å². The SMILES string of the molecule is Cc1ccc(NC(=O)CCCc2nc(-c3ccccc3)no2)cc1[N+](=O)[O-]. The molecule has 0 bridgehead atoms. The lowest BCUT2D eigenvalue weighted by molar-refractivity contribution is -0.385. The molecule has 1 heterocycles. The Labute approximate surface area is 155 Å². The molecule has 8 nitrogen and oxygen atoms in total. The molecule has 0 radical (unpaired) electrons. The molecule has 2 aromatic carbocycles. The third-order valence-corrected chi connectivity index (χ3v) is 3.98. The van der Waals surface area contributed by atoms with Crippen LogP contribution >= 0.6 is 0 Å². The summed E-state index contributed by atoms with van der Waals surface area (Å²) in [6, 6.07) is 14.1. The van der Waals surface area contributed by atoms with Crippen molar-refractivity contribution in [1.29, 1.82) is 0 Å². The first-order valence-corrected chi connectivity index (χ1v) is 8.46. The second-order valence-corrected chi connectivity index (χ2v) is 6.04. The van der Waals surface area contributed by atoms with Crippen LogP contribution in [0.4, 0.5) is 11.4 Å². The lowest BCUT2D eigenvalue weighted by Crippen LogP contribution is -2.11. The van der Waals surface area contributed by atoms with Crippen LogP contribution in [0.3, 0.4) is 0 Å². The molecular formula is C19H18N4O4. The predicted molar refractivity (Wildman–Crippen MR) is 99.1 cm³/mol. The van der Waals surface area contributed by atoms with Gasteiger partial charge in [-0.25, -0.2) is 0 Å². The Hall–Kier alpha value is -3.55.